The number of pyridine rings is 1. The molecule has 0 bridgehead atoms. The first-order chi connectivity index (χ1) is 21.0. The first-order valence-electron chi connectivity index (χ1n) is 15.1. The van der Waals surface area contributed by atoms with Crippen LogP contribution in [0, 0.1) is 27.7 Å². The maximum absolute atomic E-state index is 5.10. The lowest BCUT2D eigenvalue weighted by Gasteiger charge is -2.40. The van der Waals surface area contributed by atoms with Gasteiger partial charge in [-0.2, -0.15) is 0 Å². The van der Waals surface area contributed by atoms with E-state index in [1.165, 1.54) is 88.7 Å². The number of rotatable bonds is 2. The van der Waals surface area contributed by atoms with E-state index in [9.17, 15) is 0 Å². The molecule has 2 aromatic heterocycles. The smallest absolute Gasteiger partial charge is 0.333 e. The van der Waals surface area contributed by atoms with E-state index in [2.05, 4.69) is 140 Å². The molecule has 0 fully saturated rings. The van der Waals surface area contributed by atoms with Crippen molar-refractivity contribution in [3.63, 3.8) is 0 Å². The number of benzene rings is 5. The Balaban J connectivity index is 1.40. The van der Waals surface area contributed by atoms with Gasteiger partial charge in [-0.1, -0.05) is 66.2 Å². The second-order valence-electron chi connectivity index (χ2n) is 12.3. The summed E-state index contributed by atoms with van der Waals surface area (Å²) in [6, 6.07) is 38.2. The lowest BCUT2D eigenvalue weighted by Crippen LogP contribution is -2.56. The first kappa shape index (κ1) is 24.5. The van der Waals surface area contributed by atoms with E-state index in [0.717, 1.165) is 5.69 Å². The molecule has 9 rings (SSSR count). The number of hydrogen-bond acceptors (Lipinski definition) is 2. The van der Waals surface area contributed by atoms with Crippen LogP contribution in [0.1, 0.15) is 22.3 Å². The minimum Gasteiger partial charge on any atom is -0.374 e. The number of aromatic nitrogens is 2. The van der Waals surface area contributed by atoms with Crippen LogP contribution in [0.2, 0.25) is 0 Å². The van der Waals surface area contributed by atoms with Gasteiger partial charge in [0.25, 0.3) is 0 Å². The van der Waals surface area contributed by atoms with Crippen LogP contribution >= 0.6 is 0 Å². The Morgan fingerprint density at radius 2 is 1.40 bits per heavy atom. The Morgan fingerprint density at radius 3 is 2.21 bits per heavy atom. The molecule has 0 saturated carbocycles. The minimum absolute atomic E-state index is 0.0476. The van der Waals surface area contributed by atoms with Gasteiger partial charge >= 0.3 is 6.85 Å². The molecule has 0 spiro atoms. The number of aryl methyl sites for hydroxylation is 4. The summed E-state index contributed by atoms with van der Waals surface area (Å²) in [7, 11) is 0. The Kier molecular flexibility index (Phi) is 4.97. The van der Waals surface area contributed by atoms with E-state index in [1.54, 1.807) is 0 Å². The highest BCUT2D eigenvalue weighted by molar-refractivity contribution is 6.90. The molecule has 7 aromatic rings. The van der Waals surface area contributed by atoms with E-state index >= 15 is 0 Å². The third kappa shape index (κ3) is 3.24. The zero-order valence-corrected chi connectivity index (χ0v) is 24.8. The Hall–Kier alpha value is -5.09. The zero-order valence-electron chi connectivity index (χ0n) is 24.8. The summed E-state index contributed by atoms with van der Waals surface area (Å²) in [6.07, 6.45) is 2.00. The maximum atomic E-state index is 5.10. The zero-order chi connectivity index (χ0) is 29.0. The first-order valence-corrected chi connectivity index (χ1v) is 15.1. The van der Waals surface area contributed by atoms with Gasteiger partial charge in [-0.25, -0.2) is 0 Å². The van der Waals surface area contributed by atoms with Gasteiger partial charge in [-0.05, 0) is 109 Å². The van der Waals surface area contributed by atoms with E-state index in [0.29, 0.717) is 0 Å². The molecule has 3 nitrogen and oxygen atoms in total. The third-order valence-corrected chi connectivity index (χ3v) is 9.60. The molecular formula is C39H30BN3. The van der Waals surface area contributed by atoms with Crippen LogP contribution in [0.3, 0.4) is 0 Å². The summed E-state index contributed by atoms with van der Waals surface area (Å²) in [5.74, 6) is 0. The molecule has 4 heteroatoms. The van der Waals surface area contributed by atoms with Crippen molar-refractivity contribution in [3.8, 4) is 22.4 Å². The number of anilines is 3. The van der Waals surface area contributed by atoms with Crippen LogP contribution in [0.4, 0.5) is 17.1 Å². The largest absolute Gasteiger partial charge is 0.374 e. The van der Waals surface area contributed by atoms with Crippen molar-refractivity contribution in [3.05, 3.63) is 132 Å². The lowest BCUT2D eigenvalue weighted by molar-refractivity contribution is 1.22. The molecule has 204 valence electrons. The Labute approximate surface area is 252 Å². The highest BCUT2D eigenvalue weighted by atomic mass is 15.2. The van der Waals surface area contributed by atoms with Crippen molar-refractivity contribution in [1.82, 2.24) is 9.46 Å². The Morgan fingerprint density at radius 1 is 0.628 bits per heavy atom. The monoisotopic (exact) mass is 551 g/mol. The molecule has 0 N–H and O–H groups in total. The van der Waals surface area contributed by atoms with Gasteiger partial charge in [0.15, 0.2) is 0 Å². The van der Waals surface area contributed by atoms with Crippen molar-refractivity contribution in [2.45, 2.75) is 27.7 Å². The predicted molar refractivity (Wildman–Crippen MR) is 182 cm³/mol. The molecule has 5 aromatic carbocycles. The molecule has 4 heterocycles. The standard InChI is InChI=1S/C39H30BN3/c1-23-20-25(3)35(26(4)21-23)27-15-17-32-30(22-27)29-18-19-41-38-36-24(2)14-16-34-37(36)40(43(32)39(29)38)31-12-8-9-13-33(31)42(34)28-10-6-5-7-11-28/h5-22H,1-4H3. The van der Waals surface area contributed by atoms with Crippen molar-refractivity contribution in [2.24, 2.45) is 0 Å². The van der Waals surface area contributed by atoms with Gasteiger partial charge in [-0.3, -0.25) is 4.98 Å². The number of para-hydroxylation sites is 2. The van der Waals surface area contributed by atoms with E-state index in [1.807, 2.05) is 6.20 Å². The molecule has 0 amide bonds. The Bertz CT molecular complexity index is 2270. The average Bonchev–Trinajstić information content (AvgIpc) is 3.34. The third-order valence-electron chi connectivity index (χ3n) is 9.60. The van der Waals surface area contributed by atoms with Gasteiger partial charge in [0.1, 0.15) is 0 Å². The molecule has 2 aliphatic heterocycles. The number of nitrogens with zero attached hydrogens (tertiary/aromatic N) is 3. The SMILES string of the molecule is Cc1cc(C)c(-c2ccc3c(c2)c2ccnc4c2n3B2c3ccccc3N(c3ccccc3)c3ccc(C)c-4c32)c(C)c1. The van der Waals surface area contributed by atoms with Crippen LogP contribution in [-0.2, 0) is 0 Å². The second kappa shape index (κ2) is 8.72. The van der Waals surface area contributed by atoms with Gasteiger partial charge in [0.05, 0.1) is 11.2 Å². The fraction of sp³-hybridized carbons (Fsp3) is 0.103. The maximum Gasteiger partial charge on any atom is 0.333 e. The van der Waals surface area contributed by atoms with Crippen molar-refractivity contribution < 1.29 is 0 Å². The van der Waals surface area contributed by atoms with E-state index in [-0.39, 0.29) is 6.85 Å². The van der Waals surface area contributed by atoms with Crippen molar-refractivity contribution in [1.29, 1.82) is 0 Å². The number of fused-ring (bicyclic) bond motifs is 7. The topological polar surface area (TPSA) is 21.1 Å². The summed E-state index contributed by atoms with van der Waals surface area (Å²) in [4.78, 5) is 7.53. The van der Waals surface area contributed by atoms with Gasteiger partial charge in [0.2, 0.25) is 0 Å². The summed E-state index contributed by atoms with van der Waals surface area (Å²) < 4.78 is 2.58. The molecule has 0 unspecified atom stereocenters. The lowest BCUT2D eigenvalue weighted by atomic mass is 9.45. The summed E-state index contributed by atoms with van der Waals surface area (Å²) in [5.41, 5.74) is 18.9. The fourth-order valence-corrected chi connectivity index (χ4v) is 8.07. The average molecular weight is 552 g/mol. The van der Waals surface area contributed by atoms with Crippen LogP contribution in [0.25, 0.3) is 44.2 Å². The van der Waals surface area contributed by atoms with Crippen molar-refractivity contribution in [2.75, 3.05) is 4.90 Å². The molecular weight excluding hydrogens is 521 g/mol. The van der Waals surface area contributed by atoms with Crippen molar-refractivity contribution >= 4 is 56.6 Å². The highest BCUT2D eigenvalue weighted by Gasteiger charge is 2.43. The fourth-order valence-electron chi connectivity index (χ4n) is 8.07. The molecule has 2 aliphatic rings. The molecule has 43 heavy (non-hydrogen) atoms. The normalized spacial score (nSPS) is 13.0. The summed E-state index contributed by atoms with van der Waals surface area (Å²) in [6.45, 7) is 8.93. The molecule has 0 atom stereocenters. The van der Waals surface area contributed by atoms with Gasteiger partial charge in [-0.15, -0.1) is 0 Å². The van der Waals surface area contributed by atoms with E-state index < -0.39 is 0 Å². The predicted octanol–water partition coefficient (Wildman–Crippen LogP) is 8.51. The molecule has 0 aliphatic carbocycles. The summed E-state index contributed by atoms with van der Waals surface area (Å²) in [5, 5.41) is 2.55. The van der Waals surface area contributed by atoms with E-state index in [4.69, 9.17) is 4.98 Å². The van der Waals surface area contributed by atoms with Crippen LogP contribution in [-0.4, -0.2) is 16.3 Å². The van der Waals surface area contributed by atoms with Gasteiger partial charge < -0.3 is 9.38 Å². The van der Waals surface area contributed by atoms with Gasteiger partial charge in [0, 0.05) is 45.1 Å². The highest BCUT2D eigenvalue weighted by Crippen LogP contribution is 2.45. The summed E-state index contributed by atoms with van der Waals surface area (Å²) >= 11 is 0. The van der Waals surface area contributed by atoms with Crippen LogP contribution in [0.5, 0.6) is 0 Å². The second-order valence-corrected chi connectivity index (χ2v) is 12.3. The minimum atomic E-state index is 0.0476. The van der Waals surface area contributed by atoms with Crippen LogP contribution < -0.4 is 15.8 Å². The number of hydrogen-bond donors (Lipinski definition) is 0. The van der Waals surface area contributed by atoms with Crippen LogP contribution in [0.15, 0.2) is 109 Å². The molecule has 0 radical (unpaired) electrons. The quantitative estimate of drug-likeness (QED) is 0.201. The molecule has 0 saturated heterocycles.